The fourth-order valence-corrected chi connectivity index (χ4v) is 5.11. The van der Waals surface area contributed by atoms with Gasteiger partial charge >= 0.3 is 5.51 Å². The molecule has 2 saturated heterocycles. The molecule has 186 valence electrons. The molecule has 2 aromatic carbocycles. The second-order valence-electron chi connectivity index (χ2n) is 8.34. The molecule has 2 aliphatic rings. The molecule has 0 saturated carbocycles. The van der Waals surface area contributed by atoms with Crippen LogP contribution in [0.15, 0.2) is 53.4 Å². The van der Waals surface area contributed by atoms with E-state index in [1.165, 1.54) is 50.1 Å². The van der Waals surface area contributed by atoms with Crippen molar-refractivity contribution in [2.45, 2.75) is 35.6 Å². The van der Waals surface area contributed by atoms with E-state index in [-0.39, 0.29) is 54.4 Å². The van der Waals surface area contributed by atoms with Crippen LogP contribution in [0.3, 0.4) is 0 Å². The largest absolute Gasteiger partial charge is 0.508 e. The summed E-state index contributed by atoms with van der Waals surface area (Å²) >= 11 is -0.250. The predicted molar refractivity (Wildman–Crippen MR) is 121 cm³/mol. The van der Waals surface area contributed by atoms with Gasteiger partial charge in [-0.25, -0.2) is 5.01 Å². The Morgan fingerprint density at radius 3 is 2.46 bits per heavy atom. The first-order valence-electron chi connectivity index (χ1n) is 10.7. The number of halogens is 3. The fraction of sp³-hybridized carbons (Fsp3) is 0.348. The van der Waals surface area contributed by atoms with Crippen molar-refractivity contribution in [3.63, 3.8) is 0 Å². The lowest BCUT2D eigenvalue weighted by atomic mass is 9.98. The number of rotatable bonds is 6. The molecule has 1 unspecified atom stereocenters. The monoisotopic (exact) mass is 508 g/mol. The summed E-state index contributed by atoms with van der Waals surface area (Å²) in [7, 11) is 1.58. The number of carbonyl (C=O) groups is 3. The van der Waals surface area contributed by atoms with Gasteiger partial charge in [-0.1, -0.05) is 30.3 Å². The van der Waals surface area contributed by atoms with Crippen LogP contribution in [0.4, 0.5) is 13.2 Å². The maximum Gasteiger partial charge on any atom is 0.446 e. The Labute approximate surface area is 203 Å². The van der Waals surface area contributed by atoms with E-state index < -0.39 is 23.6 Å². The van der Waals surface area contributed by atoms with Crippen LogP contribution >= 0.6 is 11.8 Å². The van der Waals surface area contributed by atoms with Crippen molar-refractivity contribution in [1.82, 2.24) is 19.8 Å². The Hall–Kier alpha value is -3.25. The van der Waals surface area contributed by atoms with Crippen molar-refractivity contribution in [3.8, 4) is 5.75 Å². The summed E-state index contributed by atoms with van der Waals surface area (Å²) < 4.78 is 39.2. The minimum atomic E-state index is -4.49. The lowest BCUT2D eigenvalue weighted by molar-refractivity contribution is -0.196. The standard InChI is InChI=1S/C23H23F3N4O4S/c1-27-13-21(33)30-18(10-15-6-8-17(32)9-7-15)22(34)28(12-20(30)29(27)14-31)11-16-4-2-3-5-19(16)35-23(24,25)26/h2-9,14,18,20,32H,10-13H2,1H3/t18-,20?/m0/s1. The quantitative estimate of drug-likeness (QED) is 0.477. The van der Waals surface area contributed by atoms with Gasteiger partial charge in [0.15, 0.2) is 0 Å². The Bertz CT molecular complexity index is 1110. The highest BCUT2D eigenvalue weighted by atomic mass is 32.2. The van der Waals surface area contributed by atoms with Gasteiger partial charge < -0.3 is 14.9 Å². The molecule has 0 aromatic heterocycles. The molecule has 4 rings (SSSR count). The summed E-state index contributed by atoms with van der Waals surface area (Å²) in [4.78, 5) is 41.2. The van der Waals surface area contributed by atoms with Crippen LogP contribution in [-0.4, -0.2) is 81.0 Å². The molecule has 2 fully saturated rings. The number of nitrogens with zero attached hydrogens (tertiary/aromatic N) is 4. The fourth-order valence-electron chi connectivity index (χ4n) is 4.45. The first-order valence-corrected chi connectivity index (χ1v) is 11.5. The van der Waals surface area contributed by atoms with Gasteiger partial charge in [0.2, 0.25) is 18.2 Å². The number of alkyl halides is 3. The highest BCUT2D eigenvalue weighted by Crippen LogP contribution is 2.39. The zero-order valence-corrected chi connectivity index (χ0v) is 19.5. The van der Waals surface area contributed by atoms with Gasteiger partial charge in [0.25, 0.3) is 0 Å². The van der Waals surface area contributed by atoms with Crippen molar-refractivity contribution in [2.24, 2.45) is 0 Å². The van der Waals surface area contributed by atoms with E-state index in [1.807, 2.05) is 0 Å². The molecule has 35 heavy (non-hydrogen) atoms. The van der Waals surface area contributed by atoms with Gasteiger partial charge in [0.1, 0.15) is 18.0 Å². The van der Waals surface area contributed by atoms with Gasteiger partial charge in [-0.05, 0) is 41.1 Å². The van der Waals surface area contributed by atoms with Gasteiger partial charge in [-0.3, -0.25) is 19.4 Å². The minimum Gasteiger partial charge on any atom is -0.508 e. The van der Waals surface area contributed by atoms with E-state index in [2.05, 4.69) is 0 Å². The smallest absolute Gasteiger partial charge is 0.446 e. The first-order chi connectivity index (χ1) is 16.6. The summed E-state index contributed by atoms with van der Waals surface area (Å²) in [6, 6.07) is 11.2. The topological polar surface area (TPSA) is 84.4 Å². The molecular formula is C23H23F3N4O4S. The Morgan fingerprint density at radius 2 is 1.80 bits per heavy atom. The Kier molecular flexibility index (Phi) is 6.95. The summed E-state index contributed by atoms with van der Waals surface area (Å²) in [6.45, 7) is -0.260. The third-order valence-corrected chi connectivity index (χ3v) is 6.87. The van der Waals surface area contributed by atoms with Crippen molar-refractivity contribution in [3.05, 3.63) is 59.7 Å². The van der Waals surface area contributed by atoms with Crippen LogP contribution in [0.25, 0.3) is 0 Å². The molecule has 2 aliphatic heterocycles. The van der Waals surface area contributed by atoms with E-state index in [0.29, 0.717) is 17.5 Å². The average Bonchev–Trinajstić information content (AvgIpc) is 2.78. The molecule has 3 amide bonds. The molecule has 2 atom stereocenters. The molecule has 0 spiro atoms. The van der Waals surface area contributed by atoms with E-state index in [1.54, 1.807) is 25.2 Å². The maximum absolute atomic E-state index is 13.6. The number of piperazine rings is 1. The molecule has 12 heteroatoms. The Balaban J connectivity index is 1.68. The van der Waals surface area contributed by atoms with Gasteiger partial charge in [-0.15, -0.1) is 0 Å². The average molecular weight is 509 g/mol. The molecule has 0 aliphatic carbocycles. The molecule has 0 bridgehead atoms. The summed E-state index contributed by atoms with van der Waals surface area (Å²) in [5, 5.41) is 12.4. The molecule has 8 nitrogen and oxygen atoms in total. The van der Waals surface area contributed by atoms with Gasteiger partial charge in [0.05, 0.1) is 13.1 Å². The maximum atomic E-state index is 13.6. The van der Waals surface area contributed by atoms with E-state index in [9.17, 15) is 32.7 Å². The molecule has 0 radical (unpaired) electrons. The SMILES string of the molecule is CN1CC(=O)N2C(CN(Cc3ccccc3SC(F)(F)F)C(=O)[C@@H]2Cc2ccc(O)cc2)N1C=O. The predicted octanol–water partition coefficient (Wildman–Crippen LogP) is 2.43. The van der Waals surface area contributed by atoms with Crippen molar-refractivity contribution in [2.75, 3.05) is 20.1 Å². The number of hydrogen-bond donors (Lipinski definition) is 1. The van der Waals surface area contributed by atoms with Crippen LogP contribution in [-0.2, 0) is 27.3 Å². The molecular weight excluding hydrogens is 485 g/mol. The zero-order valence-electron chi connectivity index (χ0n) is 18.7. The van der Waals surface area contributed by atoms with Gasteiger partial charge in [0, 0.05) is 24.9 Å². The second-order valence-corrected chi connectivity index (χ2v) is 9.45. The van der Waals surface area contributed by atoms with Crippen LogP contribution in [0, 0.1) is 0 Å². The zero-order chi connectivity index (χ0) is 25.3. The van der Waals surface area contributed by atoms with Crippen LogP contribution in [0.2, 0.25) is 0 Å². The molecule has 2 aromatic rings. The van der Waals surface area contributed by atoms with E-state index in [4.69, 9.17) is 0 Å². The summed E-state index contributed by atoms with van der Waals surface area (Å²) in [5.74, 6) is -0.713. The number of phenolic OH excluding ortho intramolecular Hbond substituents is 1. The molecule has 2 heterocycles. The summed E-state index contributed by atoms with van der Waals surface area (Å²) in [6.07, 6.45) is -0.114. The van der Waals surface area contributed by atoms with Crippen molar-refractivity contribution >= 4 is 30.0 Å². The number of likely N-dealkylation sites (N-methyl/N-ethyl adjacent to an activating group) is 1. The number of hydrogen-bond acceptors (Lipinski definition) is 6. The van der Waals surface area contributed by atoms with Crippen LogP contribution in [0.5, 0.6) is 5.75 Å². The third-order valence-electron chi connectivity index (χ3n) is 6.02. The number of carbonyl (C=O) groups excluding carboxylic acids is 3. The van der Waals surface area contributed by atoms with Crippen molar-refractivity contribution < 1.29 is 32.7 Å². The lowest BCUT2D eigenvalue weighted by Crippen LogP contribution is -2.74. The van der Waals surface area contributed by atoms with Gasteiger partial charge in [-0.2, -0.15) is 13.2 Å². The number of aromatic hydroxyl groups is 1. The highest BCUT2D eigenvalue weighted by molar-refractivity contribution is 8.00. The number of fused-ring (bicyclic) bond motifs is 1. The van der Waals surface area contributed by atoms with E-state index in [0.717, 1.165) is 0 Å². The van der Waals surface area contributed by atoms with Crippen molar-refractivity contribution in [1.29, 1.82) is 0 Å². The lowest BCUT2D eigenvalue weighted by Gasteiger charge is -2.53. The number of phenols is 1. The van der Waals surface area contributed by atoms with Crippen LogP contribution < -0.4 is 0 Å². The number of hydrazine groups is 1. The second kappa shape index (κ2) is 9.78. The minimum absolute atomic E-state index is 0.0191. The van der Waals surface area contributed by atoms with E-state index >= 15 is 0 Å². The highest BCUT2D eigenvalue weighted by Gasteiger charge is 2.49. The van der Waals surface area contributed by atoms with Crippen LogP contribution in [0.1, 0.15) is 11.1 Å². The normalized spacial score (nSPS) is 21.3. The first kappa shape index (κ1) is 24.9. The number of thioether (sulfide) groups is 1. The number of amides is 3. The Morgan fingerprint density at radius 1 is 1.11 bits per heavy atom. The summed E-state index contributed by atoms with van der Waals surface area (Å²) in [5.41, 5.74) is -3.50. The number of benzene rings is 2. The molecule has 1 N–H and O–H groups in total. The third kappa shape index (κ3) is 5.38.